The number of hydrogen-bond donors (Lipinski definition) is 5. The lowest BCUT2D eigenvalue weighted by Gasteiger charge is -2.41. The zero-order valence-electron chi connectivity index (χ0n) is 20.4. The molecule has 0 radical (unpaired) electrons. The molecule has 2 saturated heterocycles. The zero-order valence-corrected chi connectivity index (χ0v) is 22.1. The molecule has 0 saturated carbocycles. The van der Waals surface area contributed by atoms with Gasteiger partial charge in [0.25, 0.3) is 15.9 Å². The van der Waals surface area contributed by atoms with Crippen molar-refractivity contribution in [2.75, 3.05) is 19.7 Å². The molecule has 2 aliphatic heterocycles. The van der Waals surface area contributed by atoms with Crippen LogP contribution in [0.4, 0.5) is 0 Å². The number of carbonyl (C=O) groups is 3. The highest BCUT2D eigenvalue weighted by atomic mass is 35.5. The topological polar surface area (TPSA) is 200 Å². The van der Waals surface area contributed by atoms with Crippen LogP contribution in [-0.2, 0) is 24.4 Å². The van der Waals surface area contributed by atoms with E-state index in [2.05, 4.69) is 5.32 Å². The van der Waals surface area contributed by atoms with Gasteiger partial charge < -0.3 is 26.8 Å². The number of hydrogen-bond acceptors (Lipinski definition) is 7. The van der Waals surface area contributed by atoms with E-state index in [-0.39, 0.29) is 35.6 Å². The van der Waals surface area contributed by atoms with Crippen molar-refractivity contribution in [3.8, 4) is 0 Å². The largest absolute Gasteiger partial charge is 0.394 e. The summed E-state index contributed by atoms with van der Waals surface area (Å²) in [6.45, 7) is 0.0761. The fourth-order valence-electron chi connectivity index (χ4n) is 5.13. The van der Waals surface area contributed by atoms with E-state index in [9.17, 15) is 27.9 Å². The average Bonchev–Trinajstić information content (AvgIpc) is 2.87. The second-order valence-corrected chi connectivity index (χ2v) is 11.2. The maximum atomic E-state index is 13.9. The van der Waals surface area contributed by atoms with Crippen molar-refractivity contribution in [3.63, 3.8) is 0 Å². The smallest absolute Gasteiger partial charge is 0.267 e. The van der Waals surface area contributed by atoms with Crippen LogP contribution >= 0.6 is 12.4 Å². The molecule has 0 aromatic heterocycles. The van der Waals surface area contributed by atoms with Crippen LogP contribution in [-0.4, -0.2) is 78.2 Å². The Morgan fingerprint density at radius 2 is 1.84 bits per heavy atom. The Morgan fingerprint density at radius 1 is 1.16 bits per heavy atom. The summed E-state index contributed by atoms with van der Waals surface area (Å²) in [6.07, 6.45) is 1.34. The SMILES string of the molecule is Cl.N=C(N)N1CCC[C@@H](C[C@H](C(N)=O)[C@H]2C(=O)N[C@@H](CO)C(=O)N2S(=O)(=O)c2ccc3ccccc3c2)C1. The molecule has 3 amide bonds. The number of piperazine rings is 1. The van der Waals surface area contributed by atoms with Gasteiger partial charge in [0.15, 0.2) is 5.96 Å². The van der Waals surface area contributed by atoms with Gasteiger partial charge in [-0.15, -0.1) is 12.4 Å². The summed E-state index contributed by atoms with van der Waals surface area (Å²) in [5.74, 6) is -4.58. The van der Waals surface area contributed by atoms with Crippen LogP contribution < -0.4 is 16.8 Å². The van der Waals surface area contributed by atoms with Gasteiger partial charge in [0, 0.05) is 13.1 Å². The first-order valence-corrected chi connectivity index (χ1v) is 13.3. The molecule has 14 heteroatoms. The van der Waals surface area contributed by atoms with Gasteiger partial charge in [-0.05, 0) is 48.1 Å². The first kappa shape index (κ1) is 29.1. The van der Waals surface area contributed by atoms with Crippen molar-refractivity contribution < 1.29 is 27.9 Å². The molecular formula is C24H31ClN6O6S. The second kappa shape index (κ2) is 11.5. The summed E-state index contributed by atoms with van der Waals surface area (Å²) >= 11 is 0. The second-order valence-electron chi connectivity index (χ2n) is 9.42. The molecule has 206 valence electrons. The number of rotatable bonds is 7. The highest BCUT2D eigenvalue weighted by Crippen LogP contribution is 2.32. The minimum Gasteiger partial charge on any atom is -0.394 e. The summed E-state index contributed by atoms with van der Waals surface area (Å²) in [7, 11) is -4.63. The summed E-state index contributed by atoms with van der Waals surface area (Å²) in [4.78, 5) is 40.6. The Morgan fingerprint density at radius 3 is 2.47 bits per heavy atom. The summed E-state index contributed by atoms with van der Waals surface area (Å²) in [5, 5.41) is 21.1. The minimum absolute atomic E-state index is 0. The van der Waals surface area contributed by atoms with E-state index < -0.39 is 52.4 Å². The number of aliphatic hydroxyl groups excluding tert-OH is 1. The van der Waals surface area contributed by atoms with E-state index in [4.69, 9.17) is 16.9 Å². The van der Waals surface area contributed by atoms with Crippen LogP contribution in [0.15, 0.2) is 47.4 Å². The van der Waals surface area contributed by atoms with Gasteiger partial charge in [-0.25, -0.2) is 12.7 Å². The van der Waals surface area contributed by atoms with E-state index >= 15 is 0 Å². The summed E-state index contributed by atoms with van der Waals surface area (Å²) in [6, 6.07) is 8.12. The molecule has 0 unspecified atom stereocenters. The molecule has 2 aliphatic rings. The monoisotopic (exact) mass is 566 g/mol. The third kappa shape index (κ3) is 5.54. The van der Waals surface area contributed by atoms with Crippen molar-refractivity contribution in [1.29, 1.82) is 5.41 Å². The van der Waals surface area contributed by atoms with Gasteiger partial charge in [0.05, 0.1) is 17.4 Å². The first-order chi connectivity index (χ1) is 17.5. The number of halogens is 1. The third-order valence-corrected chi connectivity index (χ3v) is 8.78. The number of benzene rings is 2. The lowest BCUT2D eigenvalue weighted by atomic mass is 9.83. The molecule has 2 fully saturated rings. The van der Waals surface area contributed by atoms with Gasteiger partial charge in [-0.2, -0.15) is 0 Å². The number of sulfonamides is 1. The van der Waals surface area contributed by atoms with Crippen LogP contribution in [0.3, 0.4) is 0 Å². The predicted octanol–water partition coefficient (Wildman–Crippen LogP) is -0.265. The number of carbonyl (C=O) groups excluding carboxylic acids is 3. The molecule has 0 spiro atoms. The normalized spacial score (nSPS) is 22.9. The molecule has 2 aromatic carbocycles. The molecular weight excluding hydrogens is 536 g/mol. The molecule has 4 rings (SSSR count). The summed E-state index contributed by atoms with van der Waals surface area (Å²) in [5.41, 5.74) is 11.3. The van der Waals surface area contributed by atoms with Crippen molar-refractivity contribution in [2.45, 2.75) is 36.2 Å². The molecule has 0 bridgehead atoms. The molecule has 4 atom stereocenters. The molecule has 12 nitrogen and oxygen atoms in total. The predicted molar refractivity (Wildman–Crippen MR) is 142 cm³/mol. The Bertz CT molecular complexity index is 1350. The highest BCUT2D eigenvalue weighted by Gasteiger charge is 2.52. The van der Waals surface area contributed by atoms with Crippen LogP contribution in [0.2, 0.25) is 0 Å². The van der Waals surface area contributed by atoms with E-state index in [0.29, 0.717) is 35.6 Å². The van der Waals surface area contributed by atoms with Gasteiger partial charge >= 0.3 is 0 Å². The molecule has 2 aromatic rings. The molecule has 38 heavy (non-hydrogen) atoms. The molecule has 7 N–H and O–H groups in total. The Kier molecular flexibility index (Phi) is 8.85. The van der Waals surface area contributed by atoms with Crippen molar-refractivity contribution in [1.82, 2.24) is 14.5 Å². The first-order valence-electron chi connectivity index (χ1n) is 11.9. The lowest BCUT2D eigenvalue weighted by molar-refractivity contribution is -0.148. The fourth-order valence-corrected chi connectivity index (χ4v) is 6.78. The zero-order chi connectivity index (χ0) is 26.9. The van der Waals surface area contributed by atoms with Crippen molar-refractivity contribution >= 4 is 56.9 Å². The fraction of sp³-hybridized carbons (Fsp3) is 0.417. The van der Waals surface area contributed by atoms with Gasteiger partial charge in [0.1, 0.15) is 12.1 Å². The highest BCUT2D eigenvalue weighted by molar-refractivity contribution is 7.89. The van der Waals surface area contributed by atoms with Crippen molar-refractivity contribution in [3.05, 3.63) is 42.5 Å². The van der Waals surface area contributed by atoms with Crippen LogP contribution in [0, 0.1) is 17.2 Å². The number of nitrogens with one attached hydrogen (secondary N) is 2. The van der Waals surface area contributed by atoms with E-state index in [1.807, 2.05) is 0 Å². The van der Waals surface area contributed by atoms with E-state index in [1.165, 1.54) is 12.1 Å². The summed E-state index contributed by atoms with van der Waals surface area (Å²) < 4.78 is 28.1. The number of guanidine groups is 1. The van der Waals surface area contributed by atoms with Crippen molar-refractivity contribution in [2.24, 2.45) is 23.3 Å². The van der Waals surface area contributed by atoms with Crippen LogP contribution in [0.5, 0.6) is 0 Å². The number of amides is 3. The minimum atomic E-state index is -4.63. The van der Waals surface area contributed by atoms with Gasteiger partial charge in [-0.3, -0.25) is 19.8 Å². The Hall–Kier alpha value is -3.42. The van der Waals surface area contributed by atoms with E-state index in [1.54, 1.807) is 35.2 Å². The average molecular weight is 567 g/mol. The quantitative estimate of drug-likeness (QED) is 0.223. The Labute approximate surface area is 226 Å². The number of primary amides is 1. The number of nitrogens with zero attached hydrogens (tertiary/aromatic N) is 2. The number of piperidine rings is 1. The maximum Gasteiger partial charge on any atom is 0.267 e. The number of fused-ring (bicyclic) bond motifs is 1. The van der Waals surface area contributed by atoms with Crippen LogP contribution in [0.1, 0.15) is 19.3 Å². The lowest BCUT2D eigenvalue weighted by Crippen LogP contribution is -2.68. The Balaban J connectivity index is 0.00000400. The molecule has 0 aliphatic carbocycles. The maximum absolute atomic E-state index is 13.9. The standard InChI is InChI=1S/C24H30N6O6S.ClH/c25-21(32)18(10-14-4-3-9-29(12-14)24(26)27)20-22(33)28-19(13-31)23(34)30(20)37(35,36)17-8-7-15-5-1-2-6-16(15)11-17;/h1-2,5-8,11,14,18-20,31H,3-4,9-10,12-13H2,(H2,25,32)(H3,26,27)(H,28,33);1H/t14-,18-,19-,20-;/m0./s1. The molecule has 2 heterocycles. The van der Waals surface area contributed by atoms with Gasteiger partial charge in [0.2, 0.25) is 11.8 Å². The van der Waals surface area contributed by atoms with Crippen LogP contribution in [0.25, 0.3) is 10.8 Å². The number of nitrogens with two attached hydrogens (primary N) is 2. The number of aliphatic hydroxyl groups is 1. The van der Waals surface area contributed by atoms with Gasteiger partial charge in [-0.1, -0.05) is 30.3 Å². The number of likely N-dealkylation sites (tertiary alicyclic amines) is 1. The van der Waals surface area contributed by atoms with E-state index in [0.717, 1.165) is 5.39 Å². The third-order valence-electron chi connectivity index (χ3n) is 7.01.